The number of benzene rings is 2. The molecule has 0 aromatic heterocycles. The van der Waals surface area contributed by atoms with Crippen molar-refractivity contribution in [2.75, 3.05) is 12.4 Å². The molecule has 0 heterocycles. The van der Waals surface area contributed by atoms with Crippen LogP contribution in [0.4, 0.5) is 5.69 Å². The van der Waals surface area contributed by atoms with Gasteiger partial charge in [-0.2, -0.15) is 0 Å². The molecular formula is C15H13NO. The molecule has 84 valence electrons. The largest absolute Gasteiger partial charge is 0.388 e. The molecule has 17 heavy (non-hydrogen) atoms. The Balaban J connectivity index is 2.17. The fourth-order valence-electron chi connectivity index (χ4n) is 2.34. The van der Waals surface area contributed by atoms with Gasteiger partial charge in [0.05, 0.1) is 0 Å². The summed E-state index contributed by atoms with van der Waals surface area (Å²) < 4.78 is 0. The highest BCUT2D eigenvalue weighted by Gasteiger charge is 2.22. The van der Waals surface area contributed by atoms with Crippen LogP contribution in [0.1, 0.15) is 27.0 Å². The van der Waals surface area contributed by atoms with Crippen LogP contribution in [-0.2, 0) is 6.42 Å². The molecule has 0 amide bonds. The van der Waals surface area contributed by atoms with Crippen molar-refractivity contribution in [3.63, 3.8) is 0 Å². The topological polar surface area (TPSA) is 29.1 Å². The summed E-state index contributed by atoms with van der Waals surface area (Å²) in [5.41, 5.74) is 4.90. The molecule has 1 N–H and O–H groups in total. The lowest BCUT2D eigenvalue weighted by Crippen LogP contribution is -2.15. The number of carbonyl (C=O) groups is 1. The van der Waals surface area contributed by atoms with Crippen LogP contribution >= 0.6 is 0 Å². The van der Waals surface area contributed by atoms with E-state index in [0.29, 0.717) is 0 Å². The molecule has 0 aliphatic heterocycles. The standard InChI is InChI=1S/C15H13NO/c1-16-12-7-6-11-8-10-4-2-3-5-13(10)15(17)14(11)9-12/h2-7,9,16H,8H2,1H3. The summed E-state index contributed by atoms with van der Waals surface area (Å²) >= 11 is 0. The second-order valence-electron chi connectivity index (χ2n) is 4.28. The molecule has 2 aromatic rings. The van der Waals surface area contributed by atoms with Crippen molar-refractivity contribution < 1.29 is 4.79 Å². The molecule has 0 spiro atoms. The molecule has 2 aromatic carbocycles. The molecule has 2 nitrogen and oxygen atoms in total. The van der Waals surface area contributed by atoms with Crippen LogP contribution in [0.25, 0.3) is 0 Å². The van der Waals surface area contributed by atoms with Crippen molar-refractivity contribution in [1.29, 1.82) is 0 Å². The Hall–Kier alpha value is -2.09. The first-order chi connectivity index (χ1) is 8.29. The van der Waals surface area contributed by atoms with Gasteiger partial charge in [-0.3, -0.25) is 4.79 Å². The van der Waals surface area contributed by atoms with Gasteiger partial charge in [-0.25, -0.2) is 0 Å². The van der Waals surface area contributed by atoms with Crippen molar-refractivity contribution in [3.8, 4) is 0 Å². The van der Waals surface area contributed by atoms with E-state index in [2.05, 4.69) is 5.32 Å². The lowest BCUT2D eigenvalue weighted by Gasteiger charge is -2.19. The van der Waals surface area contributed by atoms with E-state index in [1.54, 1.807) is 0 Å². The smallest absolute Gasteiger partial charge is 0.193 e. The fraction of sp³-hybridized carbons (Fsp3) is 0.133. The third-order valence-electron chi connectivity index (χ3n) is 3.29. The second kappa shape index (κ2) is 3.74. The maximum Gasteiger partial charge on any atom is 0.193 e. The molecule has 0 saturated heterocycles. The fourth-order valence-corrected chi connectivity index (χ4v) is 2.34. The van der Waals surface area contributed by atoms with Crippen LogP contribution in [0.3, 0.4) is 0 Å². The van der Waals surface area contributed by atoms with Crippen LogP contribution in [0, 0.1) is 0 Å². The lowest BCUT2D eigenvalue weighted by atomic mass is 9.85. The van der Waals surface area contributed by atoms with E-state index >= 15 is 0 Å². The van der Waals surface area contributed by atoms with Gasteiger partial charge in [0.2, 0.25) is 0 Å². The number of carbonyl (C=O) groups excluding carboxylic acids is 1. The zero-order valence-corrected chi connectivity index (χ0v) is 9.66. The molecule has 0 saturated carbocycles. The van der Waals surface area contributed by atoms with Gasteiger partial charge in [0.25, 0.3) is 0 Å². The molecule has 0 fully saturated rings. The number of nitrogens with one attached hydrogen (secondary N) is 1. The van der Waals surface area contributed by atoms with Gasteiger partial charge in [0.15, 0.2) is 5.78 Å². The summed E-state index contributed by atoms with van der Waals surface area (Å²) in [6.45, 7) is 0. The normalized spacial score (nSPS) is 12.9. The molecule has 0 radical (unpaired) electrons. The summed E-state index contributed by atoms with van der Waals surface area (Å²) in [6, 6.07) is 13.8. The lowest BCUT2D eigenvalue weighted by molar-refractivity contribution is 0.103. The highest BCUT2D eigenvalue weighted by Crippen LogP contribution is 2.28. The van der Waals surface area contributed by atoms with E-state index in [0.717, 1.165) is 34.4 Å². The Morgan fingerprint density at radius 3 is 2.59 bits per heavy atom. The van der Waals surface area contributed by atoms with Crippen molar-refractivity contribution in [1.82, 2.24) is 0 Å². The number of hydrogen-bond donors (Lipinski definition) is 1. The van der Waals surface area contributed by atoms with Crippen molar-refractivity contribution >= 4 is 11.5 Å². The molecule has 0 bridgehead atoms. The Labute approximate surface area is 100 Å². The van der Waals surface area contributed by atoms with Gasteiger partial charge in [-0.15, -0.1) is 0 Å². The minimum absolute atomic E-state index is 0.138. The average molecular weight is 223 g/mol. The predicted molar refractivity (Wildman–Crippen MR) is 68.7 cm³/mol. The van der Waals surface area contributed by atoms with E-state index in [1.165, 1.54) is 0 Å². The average Bonchev–Trinajstić information content (AvgIpc) is 2.39. The van der Waals surface area contributed by atoms with E-state index in [-0.39, 0.29) is 5.78 Å². The van der Waals surface area contributed by atoms with E-state index < -0.39 is 0 Å². The highest BCUT2D eigenvalue weighted by molar-refractivity contribution is 6.12. The minimum Gasteiger partial charge on any atom is -0.388 e. The number of rotatable bonds is 1. The van der Waals surface area contributed by atoms with Crippen molar-refractivity contribution in [2.45, 2.75) is 6.42 Å². The first kappa shape index (κ1) is 10.1. The molecule has 1 aliphatic carbocycles. The minimum atomic E-state index is 0.138. The third-order valence-corrected chi connectivity index (χ3v) is 3.29. The van der Waals surface area contributed by atoms with Crippen LogP contribution < -0.4 is 5.32 Å². The SMILES string of the molecule is CNc1ccc2c(c1)C(=O)c1ccccc1C2. The first-order valence-electron chi connectivity index (χ1n) is 5.73. The van der Waals surface area contributed by atoms with Gasteiger partial charge >= 0.3 is 0 Å². The summed E-state index contributed by atoms with van der Waals surface area (Å²) in [5, 5.41) is 3.07. The van der Waals surface area contributed by atoms with E-state index in [9.17, 15) is 4.79 Å². The zero-order chi connectivity index (χ0) is 11.8. The first-order valence-corrected chi connectivity index (χ1v) is 5.73. The molecule has 0 atom stereocenters. The zero-order valence-electron chi connectivity index (χ0n) is 9.66. The molecule has 1 aliphatic rings. The number of anilines is 1. The summed E-state index contributed by atoms with van der Waals surface area (Å²) in [7, 11) is 1.86. The molecule has 2 heteroatoms. The van der Waals surface area contributed by atoms with E-state index in [4.69, 9.17) is 0 Å². The second-order valence-corrected chi connectivity index (χ2v) is 4.28. The number of fused-ring (bicyclic) bond motifs is 2. The quantitative estimate of drug-likeness (QED) is 0.687. The Morgan fingerprint density at radius 1 is 1.00 bits per heavy atom. The monoisotopic (exact) mass is 223 g/mol. The van der Waals surface area contributed by atoms with E-state index in [1.807, 2.05) is 49.5 Å². The van der Waals surface area contributed by atoms with Gasteiger partial charge in [-0.1, -0.05) is 30.3 Å². The predicted octanol–water partition coefficient (Wildman–Crippen LogP) is 2.86. The maximum atomic E-state index is 12.3. The van der Waals surface area contributed by atoms with Gasteiger partial charge in [-0.05, 0) is 29.7 Å². The van der Waals surface area contributed by atoms with Crippen LogP contribution in [0.5, 0.6) is 0 Å². The summed E-state index contributed by atoms with van der Waals surface area (Å²) in [5.74, 6) is 0.138. The maximum absolute atomic E-state index is 12.3. The van der Waals surface area contributed by atoms with Gasteiger partial charge < -0.3 is 5.32 Å². The van der Waals surface area contributed by atoms with Crippen LogP contribution in [0.15, 0.2) is 42.5 Å². The number of ketones is 1. The highest BCUT2D eigenvalue weighted by atomic mass is 16.1. The van der Waals surface area contributed by atoms with Crippen molar-refractivity contribution in [2.24, 2.45) is 0 Å². The Morgan fingerprint density at radius 2 is 1.76 bits per heavy atom. The van der Waals surface area contributed by atoms with Crippen molar-refractivity contribution in [3.05, 3.63) is 64.7 Å². The Kier molecular flexibility index (Phi) is 2.22. The van der Waals surface area contributed by atoms with Crippen LogP contribution in [0.2, 0.25) is 0 Å². The summed E-state index contributed by atoms with van der Waals surface area (Å²) in [6.07, 6.45) is 0.848. The van der Waals surface area contributed by atoms with Gasteiger partial charge in [0, 0.05) is 23.9 Å². The number of hydrogen-bond acceptors (Lipinski definition) is 2. The Bertz CT molecular complexity index is 602. The molecule has 0 unspecified atom stereocenters. The van der Waals surface area contributed by atoms with Gasteiger partial charge in [0.1, 0.15) is 0 Å². The summed E-state index contributed by atoms with van der Waals surface area (Å²) in [4.78, 5) is 12.3. The molecule has 3 rings (SSSR count). The molecular weight excluding hydrogens is 210 g/mol. The third kappa shape index (κ3) is 1.53. The van der Waals surface area contributed by atoms with Crippen LogP contribution in [-0.4, -0.2) is 12.8 Å².